The molecule has 0 spiro atoms. The first-order valence-corrected chi connectivity index (χ1v) is 11.7. The van der Waals surface area contributed by atoms with Gasteiger partial charge in [0.1, 0.15) is 0 Å². The summed E-state index contributed by atoms with van der Waals surface area (Å²) in [5.74, 6) is -0.272. The molecule has 1 unspecified atom stereocenters. The van der Waals surface area contributed by atoms with Crippen molar-refractivity contribution < 1.29 is 13.2 Å². The molecule has 1 aliphatic heterocycles. The first kappa shape index (κ1) is 22.2. The lowest BCUT2D eigenvalue weighted by atomic mass is 9.98. The van der Waals surface area contributed by atoms with E-state index in [0.29, 0.717) is 12.1 Å². The van der Waals surface area contributed by atoms with Crippen molar-refractivity contribution in [3.8, 4) is 0 Å². The molecule has 7 heteroatoms. The summed E-state index contributed by atoms with van der Waals surface area (Å²) in [4.78, 5) is 15.2. The van der Waals surface area contributed by atoms with E-state index < -0.39 is 10.0 Å². The molecule has 1 amide bonds. The minimum Gasteiger partial charge on any atom is -0.350 e. The minimum absolute atomic E-state index is 0.0664. The summed E-state index contributed by atoms with van der Waals surface area (Å²) >= 11 is 0. The second-order valence-electron chi connectivity index (χ2n) is 7.43. The standard InChI is InChI=1S/C23H29N3O3S/c1-3-13-25-30(28,29)22-11-7-10-19(15-22)23(27)24-16-21(4-2)26-14-12-18-8-5-6-9-20(18)17-26/h3,5-11,15,21,25H,1,4,12-14,16-17H2,2H3,(H,24,27). The van der Waals surface area contributed by atoms with Crippen LogP contribution in [0.25, 0.3) is 0 Å². The molecule has 2 N–H and O–H groups in total. The van der Waals surface area contributed by atoms with Crippen LogP contribution in [-0.4, -0.2) is 44.9 Å². The number of hydrogen-bond acceptors (Lipinski definition) is 4. The van der Waals surface area contributed by atoms with Gasteiger partial charge >= 0.3 is 0 Å². The number of nitrogens with one attached hydrogen (secondary N) is 2. The Bertz CT molecular complexity index is 1000. The van der Waals surface area contributed by atoms with Gasteiger partial charge in [-0.2, -0.15) is 0 Å². The molecule has 2 aromatic rings. The van der Waals surface area contributed by atoms with Crippen molar-refractivity contribution in [1.29, 1.82) is 0 Å². The number of hydrogen-bond donors (Lipinski definition) is 2. The Morgan fingerprint density at radius 2 is 1.97 bits per heavy atom. The van der Waals surface area contributed by atoms with Crippen LogP contribution in [0.2, 0.25) is 0 Å². The van der Waals surface area contributed by atoms with Crippen molar-refractivity contribution in [1.82, 2.24) is 14.9 Å². The van der Waals surface area contributed by atoms with Gasteiger partial charge in [-0.25, -0.2) is 13.1 Å². The number of carbonyl (C=O) groups excluding carboxylic acids is 1. The third kappa shape index (κ3) is 5.36. The molecule has 2 aromatic carbocycles. The maximum Gasteiger partial charge on any atom is 0.251 e. The van der Waals surface area contributed by atoms with Gasteiger partial charge in [0, 0.05) is 37.8 Å². The van der Waals surface area contributed by atoms with Gasteiger partial charge < -0.3 is 5.32 Å². The van der Waals surface area contributed by atoms with E-state index in [9.17, 15) is 13.2 Å². The summed E-state index contributed by atoms with van der Waals surface area (Å²) in [5.41, 5.74) is 3.07. The Morgan fingerprint density at radius 3 is 2.70 bits per heavy atom. The van der Waals surface area contributed by atoms with Gasteiger partial charge in [0.25, 0.3) is 5.91 Å². The van der Waals surface area contributed by atoms with Gasteiger partial charge in [-0.15, -0.1) is 6.58 Å². The zero-order valence-corrected chi connectivity index (χ0v) is 18.1. The zero-order valence-electron chi connectivity index (χ0n) is 17.3. The number of rotatable bonds is 9. The summed E-state index contributed by atoms with van der Waals surface area (Å²) in [5, 5.41) is 2.98. The lowest BCUT2D eigenvalue weighted by molar-refractivity contribution is 0.0926. The number of amides is 1. The lowest BCUT2D eigenvalue weighted by Gasteiger charge is -2.35. The number of nitrogens with zero attached hydrogens (tertiary/aromatic N) is 1. The molecule has 0 radical (unpaired) electrons. The molecule has 1 aliphatic rings. The summed E-state index contributed by atoms with van der Waals surface area (Å²) in [6, 6.07) is 14.8. The summed E-state index contributed by atoms with van der Waals surface area (Å²) < 4.78 is 27.0. The van der Waals surface area contributed by atoms with Gasteiger partial charge in [0.05, 0.1) is 4.90 Å². The minimum atomic E-state index is -3.67. The van der Waals surface area contributed by atoms with E-state index in [4.69, 9.17) is 0 Å². The van der Waals surface area contributed by atoms with Gasteiger partial charge in [-0.3, -0.25) is 9.69 Å². The number of sulfonamides is 1. The van der Waals surface area contributed by atoms with Crippen molar-refractivity contribution in [2.45, 2.75) is 37.2 Å². The molecule has 0 saturated heterocycles. The topological polar surface area (TPSA) is 78.5 Å². The van der Waals surface area contributed by atoms with E-state index in [1.54, 1.807) is 12.1 Å². The highest BCUT2D eigenvalue weighted by molar-refractivity contribution is 7.89. The van der Waals surface area contributed by atoms with Crippen LogP contribution in [-0.2, 0) is 23.0 Å². The van der Waals surface area contributed by atoms with E-state index in [-0.39, 0.29) is 23.4 Å². The van der Waals surface area contributed by atoms with Crippen LogP contribution < -0.4 is 10.0 Å². The number of carbonyl (C=O) groups is 1. The molecule has 3 rings (SSSR count). The molecule has 160 valence electrons. The monoisotopic (exact) mass is 427 g/mol. The second-order valence-corrected chi connectivity index (χ2v) is 9.20. The first-order chi connectivity index (χ1) is 14.4. The fourth-order valence-corrected chi connectivity index (χ4v) is 4.77. The Morgan fingerprint density at radius 1 is 1.20 bits per heavy atom. The predicted octanol–water partition coefficient (Wildman–Crippen LogP) is 2.72. The molecule has 1 atom stereocenters. The summed E-state index contributed by atoms with van der Waals surface area (Å²) in [6.07, 6.45) is 3.40. The normalized spacial score (nSPS) is 15.2. The Labute approximate surface area is 179 Å². The molecule has 6 nitrogen and oxygen atoms in total. The molecule has 0 bridgehead atoms. The average molecular weight is 428 g/mol. The third-order valence-corrected chi connectivity index (χ3v) is 6.89. The highest BCUT2D eigenvalue weighted by Gasteiger charge is 2.23. The zero-order chi connectivity index (χ0) is 21.6. The Hall–Kier alpha value is -2.48. The van der Waals surface area contributed by atoms with E-state index in [2.05, 4.69) is 52.7 Å². The lowest BCUT2D eigenvalue weighted by Crippen LogP contribution is -2.45. The summed E-state index contributed by atoms with van der Waals surface area (Å²) in [7, 11) is -3.67. The third-order valence-electron chi connectivity index (χ3n) is 5.47. The maximum atomic E-state index is 12.7. The van der Waals surface area contributed by atoms with Gasteiger partial charge in [0.2, 0.25) is 10.0 Å². The largest absolute Gasteiger partial charge is 0.350 e. The smallest absolute Gasteiger partial charge is 0.251 e. The van der Waals surface area contributed by atoms with Crippen LogP contribution in [0.15, 0.2) is 66.1 Å². The molecule has 0 aromatic heterocycles. The number of benzene rings is 2. The van der Waals surface area contributed by atoms with E-state index in [1.807, 2.05) is 0 Å². The molecule has 0 fully saturated rings. The van der Waals surface area contributed by atoms with Crippen molar-refractivity contribution in [2.24, 2.45) is 0 Å². The molecule has 30 heavy (non-hydrogen) atoms. The SMILES string of the molecule is C=CCNS(=O)(=O)c1cccc(C(=O)NCC(CC)N2CCc3ccccc3C2)c1. The fraction of sp³-hybridized carbons (Fsp3) is 0.348. The van der Waals surface area contributed by atoms with Crippen LogP contribution in [0.3, 0.4) is 0 Å². The van der Waals surface area contributed by atoms with Crippen LogP contribution in [0.5, 0.6) is 0 Å². The average Bonchev–Trinajstić information content (AvgIpc) is 2.78. The molecule has 1 heterocycles. The fourth-order valence-electron chi connectivity index (χ4n) is 3.73. The highest BCUT2D eigenvalue weighted by atomic mass is 32.2. The van der Waals surface area contributed by atoms with Crippen molar-refractivity contribution in [3.63, 3.8) is 0 Å². The van der Waals surface area contributed by atoms with Crippen molar-refractivity contribution >= 4 is 15.9 Å². The summed E-state index contributed by atoms with van der Waals surface area (Å²) in [6.45, 7) is 8.13. The van der Waals surface area contributed by atoms with Gasteiger partial charge in [-0.05, 0) is 42.2 Å². The van der Waals surface area contributed by atoms with Crippen LogP contribution in [0.4, 0.5) is 0 Å². The van der Waals surface area contributed by atoms with Crippen LogP contribution in [0, 0.1) is 0 Å². The number of fused-ring (bicyclic) bond motifs is 1. The highest BCUT2D eigenvalue weighted by Crippen LogP contribution is 2.21. The van der Waals surface area contributed by atoms with Gasteiger partial charge in [0.15, 0.2) is 0 Å². The molecule has 0 saturated carbocycles. The van der Waals surface area contributed by atoms with Crippen LogP contribution in [0.1, 0.15) is 34.8 Å². The predicted molar refractivity (Wildman–Crippen MR) is 119 cm³/mol. The quantitative estimate of drug-likeness (QED) is 0.603. The van der Waals surface area contributed by atoms with Crippen LogP contribution >= 0.6 is 0 Å². The maximum absolute atomic E-state index is 12.7. The van der Waals surface area contributed by atoms with E-state index >= 15 is 0 Å². The van der Waals surface area contributed by atoms with Crippen molar-refractivity contribution in [3.05, 3.63) is 77.9 Å². The Kier molecular flexibility index (Phi) is 7.42. The second kappa shape index (κ2) is 10.0. The molecular formula is C23H29N3O3S. The first-order valence-electron chi connectivity index (χ1n) is 10.2. The van der Waals surface area contributed by atoms with E-state index in [1.165, 1.54) is 29.3 Å². The Balaban J connectivity index is 1.63. The molecular weight excluding hydrogens is 398 g/mol. The van der Waals surface area contributed by atoms with E-state index in [0.717, 1.165) is 25.9 Å². The van der Waals surface area contributed by atoms with Gasteiger partial charge in [-0.1, -0.05) is 43.3 Å². The molecule has 0 aliphatic carbocycles. The van der Waals surface area contributed by atoms with Crippen molar-refractivity contribution in [2.75, 3.05) is 19.6 Å².